The molecule has 29 heavy (non-hydrogen) atoms. The van der Waals surface area contributed by atoms with Crippen molar-refractivity contribution in [3.8, 4) is 5.75 Å². The van der Waals surface area contributed by atoms with Crippen molar-refractivity contribution in [1.29, 1.82) is 0 Å². The lowest BCUT2D eigenvalue weighted by Gasteiger charge is -2.18. The highest BCUT2D eigenvalue weighted by Gasteiger charge is 2.06. The number of hydrogen-bond donors (Lipinski definition) is 2. The number of para-hydroxylation sites is 1. The first-order valence-electron chi connectivity index (χ1n) is 10.0. The van der Waals surface area contributed by atoms with Crippen LogP contribution in [0.2, 0.25) is 0 Å². The van der Waals surface area contributed by atoms with Gasteiger partial charge in [-0.05, 0) is 33.0 Å². The second kappa shape index (κ2) is 14.6. The Balaban J connectivity index is 0.00000420. The predicted molar refractivity (Wildman–Crippen MR) is 134 cm³/mol. The van der Waals surface area contributed by atoms with Crippen molar-refractivity contribution in [3.05, 3.63) is 45.9 Å². The zero-order chi connectivity index (χ0) is 20.2. The molecule has 0 radical (unpaired) electrons. The highest BCUT2D eigenvalue weighted by atomic mass is 127. The van der Waals surface area contributed by atoms with E-state index in [0.717, 1.165) is 48.5 Å². The van der Waals surface area contributed by atoms with Crippen LogP contribution in [0.25, 0.3) is 0 Å². The third kappa shape index (κ3) is 9.31. The van der Waals surface area contributed by atoms with Crippen LogP contribution in [0.5, 0.6) is 5.75 Å². The number of likely N-dealkylation sites (N-methyl/N-ethyl adjacent to an activating group) is 1. The van der Waals surface area contributed by atoms with Gasteiger partial charge in [0, 0.05) is 29.7 Å². The molecule has 0 aliphatic rings. The first kappa shape index (κ1) is 25.6. The molecule has 0 saturated heterocycles. The summed E-state index contributed by atoms with van der Waals surface area (Å²) in [4.78, 5) is 12.7. The fourth-order valence-corrected chi connectivity index (χ4v) is 3.48. The van der Waals surface area contributed by atoms with E-state index in [0.29, 0.717) is 19.7 Å². The van der Waals surface area contributed by atoms with Crippen LogP contribution in [0.4, 0.5) is 0 Å². The molecule has 0 amide bonds. The number of halogens is 1. The monoisotopic (exact) mass is 531 g/mol. The topological polar surface area (TPSA) is 61.8 Å². The van der Waals surface area contributed by atoms with Gasteiger partial charge < -0.3 is 20.3 Å². The largest absolute Gasteiger partial charge is 0.492 e. The Hall–Kier alpha value is -1.39. The van der Waals surface area contributed by atoms with E-state index in [1.165, 1.54) is 4.88 Å². The minimum Gasteiger partial charge on any atom is -0.492 e. The molecule has 162 valence electrons. The van der Waals surface area contributed by atoms with Gasteiger partial charge in [0.15, 0.2) is 5.96 Å². The minimum absolute atomic E-state index is 0. The number of guanidine groups is 1. The number of rotatable bonds is 11. The molecule has 0 aliphatic carbocycles. The van der Waals surface area contributed by atoms with E-state index in [-0.39, 0.29) is 24.0 Å². The van der Waals surface area contributed by atoms with Crippen LogP contribution >= 0.6 is 35.3 Å². The summed E-state index contributed by atoms with van der Waals surface area (Å²) >= 11 is 1.70. The molecule has 8 heteroatoms. The summed E-state index contributed by atoms with van der Waals surface area (Å²) in [6, 6.07) is 8.13. The van der Waals surface area contributed by atoms with E-state index >= 15 is 0 Å². The zero-order valence-corrected chi connectivity index (χ0v) is 21.0. The van der Waals surface area contributed by atoms with Crippen LogP contribution in [-0.4, -0.2) is 48.6 Å². The van der Waals surface area contributed by atoms with Crippen molar-refractivity contribution in [2.75, 3.05) is 32.8 Å². The number of ether oxygens (including phenoxy) is 1. The van der Waals surface area contributed by atoms with Crippen LogP contribution in [0.3, 0.4) is 0 Å². The summed E-state index contributed by atoms with van der Waals surface area (Å²) in [6.45, 7) is 14.2. The van der Waals surface area contributed by atoms with E-state index in [1.54, 1.807) is 11.3 Å². The van der Waals surface area contributed by atoms with Crippen molar-refractivity contribution in [2.45, 2.75) is 40.8 Å². The number of aromatic nitrogens is 1. The van der Waals surface area contributed by atoms with Gasteiger partial charge >= 0.3 is 0 Å². The lowest BCUT2D eigenvalue weighted by atomic mass is 10.2. The lowest BCUT2D eigenvalue weighted by molar-refractivity contribution is 0.221. The SMILES string of the molecule is CCNC(=NCc1ccccc1OCCN(CC)CC)NCc1ncc(C)s1.I. The Labute approximate surface area is 196 Å². The number of aryl methyl sites for hydroxylation is 1. The fraction of sp³-hybridized carbons (Fsp3) is 0.524. The fourth-order valence-electron chi connectivity index (χ4n) is 2.75. The Morgan fingerprint density at radius 3 is 2.59 bits per heavy atom. The highest BCUT2D eigenvalue weighted by molar-refractivity contribution is 14.0. The van der Waals surface area contributed by atoms with Crippen molar-refractivity contribution in [3.63, 3.8) is 0 Å². The molecular formula is C21H34IN5OS. The smallest absolute Gasteiger partial charge is 0.191 e. The molecular weight excluding hydrogens is 497 g/mol. The van der Waals surface area contributed by atoms with Gasteiger partial charge in [-0.15, -0.1) is 35.3 Å². The number of hydrogen-bond acceptors (Lipinski definition) is 5. The molecule has 0 spiro atoms. The Morgan fingerprint density at radius 2 is 1.93 bits per heavy atom. The van der Waals surface area contributed by atoms with E-state index in [1.807, 2.05) is 24.4 Å². The summed E-state index contributed by atoms with van der Waals surface area (Å²) in [7, 11) is 0. The number of aliphatic imine (C=N–C) groups is 1. The number of nitrogens with zero attached hydrogens (tertiary/aromatic N) is 3. The van der Waals surface area contributed by atoms with Crippen LogP contribution in [-0.2, 0) is 13.1 Å². The van der Waals surface area contributed by atoms with Crippen molar-refractivity contribution in [2.24, 2.45) is 4.99 Å². The Bertz CT molecular complexity index is 733. The molecule has 2 N–H and O–H groups in total. The molecule has 0 aliphatic heterocycles. The van der Waals surface area contributed by atoms with Gasteiger partial charge in [0.1, 0.15) is 17.4 Å². The number of nitrogens with one attached hydrogen (secondary N) is 2. The molecule has 1 aromatic heterocycles. The minimum atomic E-state index is 0. The molecule has 6 nitrogen and oxygen atoms in total. The van der Waals surface area contributed by atoms with Gasteiger partial charge in [-0.2, -0.15) is 0 Å². The number of thiazole rings is 1. The number of benzene rings is 1. The van der Waals surface area contributed by atoms with E-state index in [4.69, 9.17) is 9.73 Å². The maximum absolute atomic E-state index is 6.04. The maximum Gasteiger partial charge on any atom is 0.191 e. The first-order chi connectivity index (χ1) is 13.7. The molecule has 0 fully saturated rings. The molecule has 1 aromatic carbocycles. The third-order valence-corrected chi connectivity index (χ3v) is 5.27. The van der Waals surface area contributed by atoms with Crippen LogP contribution < -0.4 is 15.4 Å². The summed E-state index contributed by atoms with van der Waals surface area (Å²) in [5, 5.41) is 7.70. The summed E-state index contributed by atoms with van der Waals surface area (Å²) < 4.78 is 6.04. The van der Waals surface area contributed by atoms with E-state index in [2.05, 4.69) is 54.3 Å². The van der Waals surface area contributed by atoms with Gasteiger partial charge in [0.05, 0.1) is 13.1 Å². The summed E-state index contributed by atoms with van der Waals surface area (Å²) in [6.07, 6.45) is 1.90. The van der Waals surface area contributed by atoms with Crippen molar-refractivity contribution >= 4 is 41.3 Å². The van der Waals surface area contributed by atoms with Crippen molar-refractivity contribution in [1.82, 2.24) is 20.5 Å². The van der Waals surface area contributed by atoms with Gasteiger partial charge in [-0.3, -0.25) is 0 Å². The standard InChI is InChI=1S/C21H33N5OS.HI/c1-5-22-21(25-16-20-23-14-17(4)28-20)24-15-18-10-8-9-11-19(18)27-13-12-26(6-2)7-3;/h8-11,14H,5-7,12-13,15-16H2,1-4H3,(H2,22,24,25);1H. The van der Waals surface area contributed by atoms with Gasteiger partial charge in [0.2, 0.25) is 0 Å². The van der Waals surface area contributed by atoms with E-state index < -0.39 is 0 Å². The molecule has 0 unspecified atom stereocenters. The average Bonchev–Trinajstić information content (AvgIpc) is 3.13. The average molecular weight is 532 g/mol. The van der Waals surface area contributed by atoms with Crippen LogP contribution in [0.1, 0.15) is 36.2 Å². The molecule has 0 saturated carbocycles. The molecule has 1 heterocycles. The summed E-state index contributed by atoms with van der Waals surface area (Å²) in [5.74, 6) is 1.69. The molecule has 2 rings (SSSR count). The zero-order valence-electron chi connectivity index (χ0n) is 17.9. The maximum atomic E-state index is 6.04. The Kier molecular flexibility index (Phi) is 12.9. The van der Waals surface area contributed by atoms with Crippen LogP contribution in [0, 0.1) is 6.92 Å². The normalized spacial score (nSPS) is 11.3. The second-order valence-corrected chi connectivity index (χ2v) is 7.72. The quantitative estimate of drug-likeness (QED) is 0.260. The van der Waals surface area contributed by atoms with Crippen LogP contribution in [0.15, 0.2) is 35.5 Å². The van der Waals surface area contributed by atoms with Gasteiger partial charge in [0.25, 0.3) is 0 Å². The molecule has 0 bridgehead atoms. The first-order valence-corrected chi connectivity index (χ1v) is 10.8. The summed E-state index contributed by atoms with van der Waals surface area (Å²) in [5.41, 5.74) is 1.09. The molecule has 2 aromatic rings. The third-order valence-electron chi connectivity index (χ3n) is 4.36. The second-order valence-electron chi connectivity index (χ2n) is 6.40. The van der Waals surface area contributed by atoms with Gasteiger partial charge in [-0.25, -0.2) is 9.98 Å². The highest BCUT2D eigenvalue weighted by Crippen LogP contribution is 2.19. The van der Waals surface area contributed by atoms with Gasteiger partial charge in [-0.1, -0.05) is 32.0 Å². The predicted octanol–water partition coefficient (Wildman–Crippen LogP) is 4.05. The van der Waals surface area contributed by atoms with Crippen molar-refractivity contribution < 1.29 is 4.74 Å². The Morgan fingerprint density at radius 1 is 1.17 bits per heavy atom. The van der Waals surface area contributed by atoms with E-state index in [9.17, 15) is 0 Å². The lowest BCUT2D eigenvalue weighted by Crippen LogP contribution is -2.36. The molecule has 0 atom stereocenters.